The maximum absolute atomic E-state index is 9.21. The minimum Gasteiger partial charge on any atom is -0.490 e. The molecule has 0 fully saturated rings. The highest BCUT2D eigenvalue weighted by Crippen LogP contribution is 2.30. The molecular weight excluding hydrogens is 274 g/mol. The Hall–Kier alpha value is -2.93. The van der Waals surface area contributed by atoms with Crippen LogP contribution >= 0.6 is 0 Å². The van der Waals surface area contributed by atoms with Crippen LogP contribution in [-0.4, -0.2) is 16.1 Å². The normalized spacial score (nSPS) is 10.6. The Bertz CT molecular complexity index is 860. The van der Waals surface area contributed by atoms with Crippen molar-refractivity contribution in [2.75, 3.05) is 0 Å². The molecule has 108 valence electrons. The van der Waals surface area contributed by atoms with Gasteiger partial charge in [-0.25, -0.2) is 9.97 Å². The highest BCUT2D eigenvalue weighted by molar-refractivity contribution is 5.92. The first-order chi connectivity index (χ1) is 10.7. The number of ether oxygens (including phenoxy) is 1. The van der Waals surface area contributed by atoms with E-state index >= 15 is 0 Å². The Kier molecular flexibility index (Phi) is 3.71. The summed E-state index contributed by atoms with van der Waals surface area (Å²) in [6, 6.07) is 15.5. The second-order valence-corrected chi connectivity index (χ2v) is 5.23. The number of rotatable bonds is 3. The number of aromatic nitrogens is 2. The molecule has 0 saturated heterocycles. The van der Waals surface area contributed by atoms with Gasteiger partial charge in [-0.05, 0) is 32.0 Å². The van der Waals surface area contributed by atoms with Crippen molar-refractivity contribution in [1.82, 2.24) is 9.97 Å². The Morgan fingerprint density at radius 2 is 1.91 bits per heavy atom. The minimum absolute atomic E-state index is 0.00416. The molecule has 3 rings (SSSR count). The maximum atomic E-state index is 9.21. The molecule has 0 unspecified atom stereocenters. The van der Waals surface area contributed by atoms with Crippen LogP contribution in [0.3, 0.4) is 0 Å². The van der Waals surface area contributed by atoms with Crippen molar-refractivity contribution in [2.24, 2.45) is 0 Å². The van der Waals surface area contributed by atoms with Crippen molar-refractivity contribution < 1.29 is 4.74 Å². The van der Waals surface area contributed by atoms with Gasteiger partial charge in [0.1, 0.15) is 18.1 Å². The molecule has 0 aliphatic carbocycles. The summed E-state index contributed by atoms with van der Waals surface area (Å²) in [5.74, 6) is 0.581. The van der Waals surface area contributed by atoms with Gasteiger partial charge in [0.05, 0.1) is 22.9 Å². The molecule has 0 N–H and O–H groups in total. The molecule has 3 aromatic rings. The van der Waals surface area contributed by atoms with Crippen molar-refractivity contribution >= 4 is 10.9 Å². The van der Waals surface area contributed by atoms with Crippen LogP contribution in [-0.2, 0) is 0 Å². The summed E-state index contributed by atoms with van der Waals surface area (Å²) in [7, 11) is 0. The Morgan fingerprint density at radius 3 is 2.68 bits per heavy atom. The average molecular weight is 289 g/mol. The molecule has 4 nitrogen and oxygen atoms in total. The smallest absolute Gasteiger partial charge is 0.138 e. The molecule has 22 heavy (non-hydrogen) atoms. The van der Waals surface area contributed by atoms with Gasteiger partial charge < -0.3 is 4.74 Å². The molecule has 0 aliphatic heterocycles. The van der Waals surface area contributed by atoms with Gasteiger partial charge in [-0.15, -0.1) is 0 Å². The molecule has 0 amide bonds. The van der Waals surface area contributed by atoms with Crippen molar-refractivity contribution in [3.05, 3.63) is 54.4 Å². The summed E-state index contributed by atoms with van der Waals surface area (Å²) in [6.07, 6.45) is 1.56. The van der Waals surface area contributed by atoms with E-state index in [4.69, 9.17) is 4.74 Å². The quantitative estimate of drug-likeness (QED) is 0.732. The topological polar surface area (TPSA) is 58.8 Å². The van der Waals surface area contributed by atoms with Crippen molar-refractivity contribution in [1.29, 1.82) is 5.26 Å². The Labute approximate surface area is 129 Å². The summed E-state index contributed by atoms with van der Waals surface area (Å²) in [5, 5.41) is 10.2. The van der Waals surface area contributed by atoms with Gasteiger partial charge in [-0.3, -0.25) is 0 Å². The molecule has 2 aromatic carbocycles. The van der Waals surface area contributed by atoms with Crippen molar-refractivity contribution in [2.45, 2.75) is 20.0 Å². The second-order valence-electron chi connectivity index (χ2n) is 5.23. The van der Waals surface area contributed by atoms with Crippen LogP contribution in [0.4, 0.5) is 0 Å². The number of hydrogen-bond acceptors (Lipinski definition) is 4. The summed E-state index contributed by atoms with van der Waals surface area (Å²) >= 11 is 0. The monoisotopic (exact) mass is 289 g/mol. The van der Waals surface area contributed by atoms with Gasteiger partial charge in [0.15, 0.2) is 0 Å². The lowest BCUT2D eigenvalue weighted by Gasteiger charge is -2.13. The van der Waals surface area contributed by atoms with E-state index in [9.17, 15) is 5.26 Å². The van der Waals surface area contributed by atoms with Gasteiger partial charge in [0.2, 0.25) is 0 Å². The van der Waals surface area contributed by atoms with Gasteiger partial charge in [0, 0.05) is 10.9 Å². The molecule has 4 heteroatoms. The fourth-order valence-corrected chi connectivity index (χ4v) is 2.35. The second kappa shape index (κ2) is 5.82. The van der Waals surface area contributed by atoms with Crippen LogP contribution in [0.2, 0.25) is 0 Å². The zero-order valence-corrected chi connectivity index (χ0v) is 12.4. The molecule has 0 aliphatic rings. The predicted octanol–water partition coefficient (Wildman–Crippen LogP) is 3.96. The third-order valence-corrected chi connectivity index (χ3v) is 3.28. The van der Waals surface area contributed by atoms with Gasteiger partial charge in [-0.2, -0.15) is 5.26 Å². The predicted molar refractivity (Wildman–Crippen MR) is 85.5 cm³/mol. The summed E-state index contributed by atoms with van der Waals surface area (Å²) in [6.45, 7) is 3.88. The van der Waals surface area contributed by atoms with Gasteiger partial charge in [0.25, 0.3) is 0 Å². The SMILES string of the molecule is CC(C)Oc1cc(-c2ncnc3ccccc23)ccc1C#N. The molecule has 0 bridgehead atoms. The van der Waals surface area contributed by atoms with E-state index in [1.54, 1.807) is 12.4 Å². The van der Waals surface area contributed by atoms with E-state index in [2.05, 4.69) is 16.0 Å². The molecular formula is C18H15N3O. The zero-order valence-electron chi connectivity index (χ0n) is 12.4. The van der Waals surface area contributed by atoms with Crippen molar-refractivity contribution in [3.63, 3.8) is 0 Å². The molecule has 1 heterocycles. The first-order valence-electron chi connectivity index (χ1n) is 7.10. The van der Waals surface area contributed by atoms with Crippen LogP contribution in [0.5, 0.6) is 5.75 Å². The van der Waals surface area contributed by atoms with Crippen LogP contribution in [0.25, 0.3) is 22.2 Å². The lowest BCUT2D eigenvalue weighted by atomic mass is 10.0. The molecule has 0 radical (unpaired) electrons. The van der Waals surface area contributed by atoms with Crippen molar-refractivity contribution in [3.8, 4) is 23.1 Å². The number of para-hydroxylation sites is 1. The Morgan fingerprint density at radius 1 is 1.09 bits per heavy atom. The molecule has 0 saturated carbocycles. The van der Waals surface area contributed by atoms with E-state index in [1.165, 1.54) is 0 Å². The van der Waals surface area contributed by atoms with Crippen LogP contribution < -0.4 is 4.74 Å². The van der Waals surface area contributed by atoms with E-state index in [0.717, 1.165) is 22.2 Å². The van der Waals surface area contributed by atoms with Gasteiger partial charge in [-0.1, -0.05) is 24.3 Å². The standard InChI is InChI=1S/C18H15N3O/c1-12(2)22-17-9-13(7-8-14(17)10-19)18-15-5-3-4-6-16(15)20-11-21-18/h3-9,11-12H,1-2H3. The number of fused-ring (bicyclic) bond motifs is 1. The lowest BCUT2D eigenvalue weighted by Crippen LogP contribution is -2.07. The largest absolute Gasteiger partial charge is 0.490 e. The Balaban J connectivity index is 2.17. The highest BCUT2D eigenvalue weighted by atomic mass is 16.5. The minimum atomic E-state index is 0.00416. The van der Waals surface area contributed by atoms with E-state index in [0.29, 0.717) is 11.3 Å². The molecule has 0 spiro atoms. The summed E-state index contributed by atoms with van der Waals surface area (Å²) in [5.41, 5.74) is 3.16. The fourth-order valence-electron chi connectivity index (χ4n) is 2.35. The lowest BCUT2D eigenvalue weighted by molar-refractivity contribution is 0.242. The fraction of sp³-hybridized carbons (Fsp3) is 0.167. The zero-order chi connectivity index (χ0) is 15.5. The van der Waals surface area contributed by atoms with Crippen LogP contribution in [0.15, 0.2) is 48.8 Å². The third-order valence-electron chi connectivity index (χ3n) is 3.28. The van der Waals surface area contributed by atoms with Crippen LogP contribution in [0.1, 0.15) is 19.4 Å². The summed E-state index contributed by atoms with van der Waals surface area (Å²) in [4.78, 5) is 8.68. The highest BCUT2D eigenvalue weighted by Gasteiger charge is 2.11. The number of hydrogen-bond donors (Lipinski definition) is 0. The first kappa shape index (κ1) is 14.0. The first-order valence-corrected chi connectivity index (χ1v) is 7.10. The molecule has 0 atom stereocenters. The average Bonchev–Trinajstić information content (AvgIpc) is 2.54. The van der Waals surface area contributed by atoms with Crippen LogP contribution in [0, 0.1) is 11.3 Å². The number of benzene rings is 2. The number of nitriles is 1. The number of nitrogens with zero attached hydrogens (tertiary/aromatic N) is 3. The third kappa shape index (κ3) is 2.61. The maximum Gasteiger partial charge on any atom is 0.138 e. The van der Waals surface area contributed by atoms with Gasteiger partial charge >= 0.3 is 0 Å². The van der Waals surface area contributed by atoms with E-state index in [-0.39, 0.29) is 6.10 Å². The summed E-state index contributed by atoms with van der Waals surface area (Å²) < 4.78 is 5.74. The molecule has 1 aromatic heterocycles. The van der Waals surface area contributed by atoms with E-state index < -0.39 is 0 Å². The van der Waals surface area contributed by atoms with E-state index in [1.807, 2.05) is 50.2 Å².